The second kappa shape index (κ2) is 37.9. The second-order valence-corrected chi connectivity index (χ2v) is 11.5. The summed E-state index contributed by atoms with van der Waals surface area (Å²) in [6.45, 7) is 3.94. The third-order valence-electron chi connectivity index (χ3n) is 7.00. The fourth-order valence-electron chi connectivity index (χ4n) is 3.70. The number of esters is 2. The number of carbonyl (C=O) groups is 2. The zero-order valence-electron chi connectivity index (χ0n) is 31.6. The molecule has 7 atom stereocenters. The lowest BCUT2D eigenvalue weighted by atomic mass is 10.1. The van der Waals surface area contributed by atoms with Crippen LogP contribution in [0.15, 0.2) is 97.2 Å². The van der Waals surface area contributed by atoms with Crippen LogP contribution in [0, 0.1) is 23.7 Å². The van der Waals surface area contributed by atoms with Crippen molar-refractivity contribution in [2.24, 2.45) is 0 Å². The van der Waals surface area contributed by atoms with E-state index >= 15 is 0 Å². The molecule has 0 saturated carbocycles. The summed E-state index contributed by atoms with van der Waals surface area (Å²) >= 11 is 0. The molecule has 0 bridgehead atoms. The van der Waals surface area contributed by atoms with Crippen molar-refractivity contribution in [3.63, 3.8) is 0 Å². The third kappa shape index (κ3) is 35.0. The fraction of sp³-hybridized carbons (Fsp3) is 0.476. The Morgan fingerprint density at radius 1 is 0.623 bits per heavy atom. The van der Waals surface area contributed by atoms with Crippen LogP contribution in [-0.2, 0) is 23.6 Å². The first-order valence-electron chi connectivity index (χ1n) is 17.8. The Balaban J connectivity index is 0. The Kier molecular flexibility index (Phi) is 36.7. The topological polar surface area (TPSA) is 163 Å². The Labute approximate surface area is 319 Å². The van der Waals surface area contributed by atoms with Gasteiger partial charge >= 0.3 is 11.9 Å². The van der Waals surface area contributed by atoms with Crippen LogP contribution in [0.3, 0.4) is 0 Å². The van der Waals surface area contributed by atoms with Gasteiger partial charge in [0.25, 0.3) is 0 Å². The molecule has 0 radical (unpaired) electrons. The van der Waals surface area contributed by atoms with Gasteiger partial charge in [0.05, 0.1) is 50.8 Å². The Hall–Kier alpha value is -3.83. The molecule has 294 valence electrons. The SMILES string of the molecule is CCC(/C=C/C#CC\C=C/C=C/C=C/C(O)C(O)CCCC(=O)OC)OP.CCC(O)/C=C/C#CC\C=C/C=C/C=C/C(O)C(O)CCCC(=O)OC. The van der Waals surface area contributed by atoms with E-state index in [9.17, 15) is 35.1 Å². The molecule has 0 aliphatic rings. The summed E-state index contributed by atoms with van der Waals surface area (Å²) < 4.78 is 14.2. The van der Waals surface area contributed by atoms with Crippen molar-refractivity contribution < 1.29 is 49.1 Å². The highest BCUT2D eigenvalue weighted by Crippen LogP contribution is 2.08. The van der Waals surface area contributed by atoms with Crippen molar-refractivity contribution in [3.8, 4) is 23.7 Å². The minimum atomic E-state index is -0.975. The van der Waals surface area contributed by atoms with E-state index in [0.29, 0.717) is 44.9 Å². The molecule has 0 aliphatic carbocycles. The Morgan fingerprint density at radius 2 is 1.06 bits per heavy atom. The molecule has 0 fully saturated rings. The van der Waals surface area contributed by atoms with Crippen LogP contribution in [0.5, 0.6) is 0 Å². The number of allylic oxidation sites excluding steroid dienone is 12. The number of hydrogen-bond acceptors (Lipinski definition) is 10. The fourth-order valence-corrected chi connectivity index (χ4v) is 3.98. The minimum absolute atomic E-state index is 0.0799. The van der Waals surface area contributed by atoms with Crippen LogP contribution in [0.25, 0.3) is 0 Å². The van der Waals surface area contributed by atoms with Gasteiger partial charge in [-0.1, -0.05) is 110 Å². The Bertz CT molecular complexity index is 1320. The molecule has 11 heteroatoms. The van der Waals surface area contributed by atoms with Gasteiger partial charge in [-0.3, -0.25) is 9.59 Å². The number of ether oxygens (including phenoxy) is 2. The first-order chi connectivity index (χ1) is 25.6. The average Bonchev–Trinajstić information content (AvgIpc) is 3.16. The summed E-state index contributed by atoms with van der Waals surface area (Å²) in [5, 5.41) is 48.4. The van der Waals surface area contributed by atoms with Gasteiger partial charge in [0.1, 0.15) is 0 Å². The van der Waals surface area contributed by atoms with Crippen molar-refractivity contribution in [2.45, 2.75) is 115 Å². The highest BCUT2D eigenvalue weighted by atomic mass is 31.0. The van der Waals surface area contributed by atoms with Crippen LogP contribution in [0.1, 0.15) is 78.1 Å². The van der Waals surface area contributed by atoms with E-state index in [-0.39, 0.29) is 30.9 Å². The van der Waals surface area contributed by atoms with Gasteiger partial charge in [-0.15, -0.1) is 0 Å². The van der Waals surface area contributed by atoms with E-state index in [1.807, 2.05) is 50.3 Å². The van der Waals surface area contributed by atoms with Crippen LogP contribution in [0.4, 0.5) is 0 Å². The van der Waals surface area contributed by atoms with Gasteiger partial charge in [0.15, 0.2) is 0 Å². The largest absolute Gasteiger partial charge is 0.469 e. The van der Waals surface area contributed by atoms with Crippen LogP contribution in [0.2, 0.25) is 0 Å². The summed E-state index contributed by atoms with van der Waals surface area (Å²) in [6.07, 6.45) is 28.7. The zero-order valence-corrected chi connectivity index (χ0v) is 32.8. The molecule has 7 unspecified atom stereocenters. The molecule has 0 aliphatic heterocycles. The maximum Gasteiger partial charge on any atom is 0.305 e. The van der Waals surface area contributed by atoms with E-state index in [4.69, 9.17) is 4.52 Å². The molecule has 53 heavy (non-hydrogen) atoms. The molecule has 0 saturated heterocycles. The standard InChI is InChI=1S/C21H31O5P.C21H30O5/c1-3-18(26-27)14-11-9-7-5-4-6-8-10-12-15-19(22)20(23)16-13-17-21(24)25-2;1-3-18(22)14-11-9-7-5-4-6-8-10-12-15-19(23)20(24)16-13-17-21(25)26-2/h4,6,8,10-12,14-15,18-20,22-23H,3,5,13,16-17,27H2,1-2H3;4,6,8,10-12,14-15,18-20,22-24H,3,5,13,16-17H2,1-2H3/b2*6-4-,10-8+,14-11+,15-12+. The average molecular weight is 757 g/mol. The highest BCUT2D eigenvalue weighted by molar-refractivity contribution is 7.09. The van der Waals surface area contributed by atoms with Crippen molar-refractivity contribution in [1.82, 2.24) is 0 Å². The lowest BCUT2D eigenvalue weighted by molar-refractivity contribution is -0.141. The number of aliphatic hydroxyl groups is 5. The van der Waals surface area contributed by atoms with Crippen LogP contribution in [-0.4, -0.2) is 88.3 Å². The van der Waals surface area contributed by atoms with E-state index < -0.39 is 30.5 Å². The van der Waals surface area contributed by atoms with Gasteiger partial charge in [-0.2, -0.15) is 0 Å². The van der Waals surface area contributed by atoms with E-state index in [1.165, 1.54) is 26.4 Å². The van der Waals surface area contributed by atoms with Crippen LogP contribution < -0.4 is 0 Å². The predicted molar refractivity (Wildman–Crippen MR) is 215 cm³/mol. The van der Waals surface area contributed by atoms with E-state index in [2.05, 4.69) is 42.6 Å². The lowest BCUT2D eigenvalue weighted by Gasteiger charge is -2.13. The lowest BCUT2D eigenvalue weighted by Crippen LogP contribution is -2.23. The number of rotatable bonds is 23. The number of aliphatic hydroxyl groups excluding tert-OH is 5. The summed E-state index contributed by atoms with van der Waals surface area (Å²) in [5.41, 5.74) is 0. The molecule has 0 rings (SSSR count). The predicted octanol–water partition coefficient (Wildman–Crippen LogP) is 5.70. The van der Waals surface area contributed by atoms with Gasteiger partial charge in [-0.05, 0) is 62.8 Å². The molecular formula is C42H61O10P. The monoisotopic (exact) mass is 756 g/mol. The molecule has 0 aromatic rings. The third-order valence-corrected chi connectivity index (χ3v) is 7.35. The molecule has 10 nitrogen and oxygen atoms in total. The normalized spacial score (nSPS) is 15.4. The molecule has 0 aromatic carbocycles. The van der Waals surface area contributed by atoms with Gasteiger partial charge < -0.3 is 39.5 Å². The number of methoxy groups -OCH3 is 2. The molecule has 0 amide bonds. The van der Waals surface area contributed by atoms with Crippen molar-refractivity contribution in [2.75, 3.05) is 14.2 Å². The quantitative estimate of drug-likeness (QED) is 0.0379. The minimum Gasteiger partial charge on any atom is -0.469 e. The van der Waals surface area contributed by atoms with E-state index in [0.717, 1.165) is 6.42 Å². The molecular weight excluding hydrogens is 695 g/mol. The molecule has 0 heterocycles. The summed E-state index contributed by atoms with van der Waals surface area (Å²) in [5.74, 6) is 11.1. The summed E-state index contributed by atoms with van der Waals surface area (Å²) in [4.78, 5) is 21.9. The molecule has 0 spiro atoms. The summed E-state index contributed by atoms with van der Waals surface area (Å²) in [6, 6.07) is 0. The summed E-state index contributed by atoms with van der Waals surface area (Å²) in [7, 11) is 4.89. The Morgan fingerprint density at radius 3 is 1.45 bits per heavy atom. The maximum absolute atomic E-state index is 11.0. The van der Waals surface area contributed by atoms with Gasteiger partial charge in [0.2, 0.25) is 0 Å². The van der Waals surface area contributed by atoms with Gasteiger partial charge in [-0.25, -0.2) is 0 Å². The number of carbonyl (C=O) groups excluding carboxylic acids is 2. The maximum atomic E-state index is 11.0. The second-order valence-electron chi connectivity index (χ2n) is 11.3. The zero-order chi connectivity index (χ0) is 40.0. The first-order valence-corrected chi connectivity index (χ1v) is 18.2. The molecule has 5 N–H and O–H groups in total. The van der Waals surface area contributed by atoms with E-state index in [1.54, 1.807) is 48.6 Å². The van der Waals surface area contributed by atoms with Crippen molar-refractivity contribution in [1.29, 1.82) is 0 Å². The van der Waals surface area contributed by atoms with Gasteiger partial charge in [0, 0.05) is 35.2 Å². The number of hydrogen-bond donors (Lipinski definition) is 5. The van der Waals surface area contributed by atoms with Crippen molar-refractivity contribution >= 4 is 21.4 Å². The van der Waals surface area contributed by atoms with Crippen molar-refractivity contribution in [3.05, 3.63) is 97.2 Å². The van der Waals surface area contributed by atoms with Crippen LogP contribution >= 0.6 is 9.47 Å². The first kappa shape index (κ1) is 51.3. The smallest absolute Gasteiger partial charge is 0.305 e. The highest BCUT2D eigenvalue weighted by Gasteiger charge is 2.14. The molecule has 0 aromatic heterocycles.